The first-order valence-electron chi connectivity index (χ1n) is 7.90. The fraction of sp³-hybridized carbons (Fsp3) is 0.0952. The number of ether oxygens (including phenoxy) is 2. The van der Waals surface area contributed by atoms with Crippen molar-refractivity contribution >= 4 is 35.5 Å². The second kappa shape index (κ2) is 7.87. The van der Waals surface area contributed by atoms with E-state index in [9.17, 15) is 4.79 Å². The van der Waals surface area contributed by atoms with Crippen LogP contribution in [0.4, 0.5) is 0 Å². The number of fused-ring (bicyclic) bond motifs is 2. The predicted octanol–water partition coefficient (Wildman–Crippen LogP) is 4.36. The van der Waals surface area contributed by atoms with E-state index in [1.807, 2.05) is 66.7 Å². The Balaban J connectivity index is 0.00000182. The molecule has 0 unspecified atom stereocenters. The third-order valence-electron chi connectivity index (χ3n) is 4.13. The standard InChI is InChI=1S/C21H16O3.Na/c22-21(23-14-15-7-2-1-3-8-15)17-10-6-12-20-18(17)13-16-9-4-5-11-19(16)24-20;/h1-12H,13-14H2;. The molecule has 3 aromatic carbocycles. The van der Waals surface area contributed by atoms with Crippen molar-refractivity contribution in [3.05, 3.63) is 95.1 Å². The average Bonchev–Trinajstić information content (AvgIpc) is 2.64. The molecule has 3 nitrogen and oxygen atoms in total. The molecule has 1 radical (unpaired) electrons. The van der Waals surface area contributed by atoms with E-state index >= 15 is 0 Å². The molecule has 0 saturated heterocycles. The summed E-state index contributed by atoms with van der Waals surface area (Å²) in [6.45, 7) is 0.265. The van der Waals surface area contributed by atoms with Crippen LogP contribution in [0.25, 0.3) is 0 Å². The van der Waals surface area contributed by atoms with Gasteiger partial charge in [-0.3, -0.25) is 0 Å². The van der Waals surface area contributed by atoms with Gasteiger partial charge in [0, 0.05) is 41.5 Å². The number of rotatable bonds is 3. The summed E-state index contributed by atoms with van der Waals surface area (Å²) in [5, 5.41) is 0. The van der Waals surface area contributed by atoms with Crippen LogP contribution in [0.1, 0.15) is 27.0 Å². The zero-order valence-corrected chi connectivity index (χ0v) is 16.1. The van der Waals surface area contributed by atoms with Crippen LogP contribution in [0, 0.1) is 0 Å². The smallest absolute Gasteiger partial charge is 0.338 e. The summed E-state index contributed by atoms with van der Waals surface area (Å²) in [6.07, 6.45) is 0.669. The van der Waals surface area contributed by atoms with Crippen molar-refractivity contribution in [2.24, 2.45) is 0 Å². The minimum absolute atomic E-state index is 0. The average molecular weight is 339 g/mol. The molecular weight excluding hydrogens is 323 g/mol. The van der Waals surface area contributed by atoms with Gasteiger partial charge in [-0.25, -0.2) is 4.79 Å². The maximum Gasteiger partial charge on any atom is 0.338 e. The van der Waals surface area contributed by atoms with Crippen LogP contribution in [0.5, 0.6) is 11.5 Å². The first-order chi connectivity index (χ1) is 11.8. The van der Waals surface area contributed by atoms with Gasteiger partial charge in [0.2, 0.25) is 0 Å². The summed E-state index contributed by atoms with van der Waals surface area (Å²) in [6, 6.07) is 23.1. The maximum absolute atomic E-state index is 12.5. The van der Waals surface area contributed by atoms with Gasteiger partial charge in [0.05, 0.1) is 5.56 Å². The summed E-state index contributed by atoms with van der Waals surface area (Å²) in [7, 11) is 0. The number of para-hydroxylation sites is 1. The second-order valence-electron chi connectivity index (χ2n) is 5.73. The van der Waals surface area contributed by atoms with Crippen molar-refractivity contribution in [1.82, 2.24) is 0 Å². The number of hydrogen-bond donors (Lipinski definition) is 0. The first-order valence-corrected chi connectivity index (χ1v) is 7.90. The number of esters is 1. The number of hydrogen-bond acceptors (Lipinski definition) is 3. The van der Waals surface area contributed by atoms with Crippen molar-refractivity contribution in [2.75, 3.05) is 0 Å². The molecule has 0 fully saturated rings. The Morgan fingerprint density at radius 3 is 2.44 bits per heavy atom. The molecule has 0 saturated carbocycles. The topological polar surface area (TPSA) is 35.5 Å². The Morgan fingerprint density at radius 2 is 1.60 bits per heavy atom. The number of carbonyl (C=O) groups excluding carboxylic acids is 1. The van der Waals surface area contributed by atoms with Gasteiger partial charge in [-0.15, -0.1) is 0 Å². The normalized spacial score (nSPS) is 11.4. The van der Waals surface area contributed by atoms with Crippen LogP contribution in [0.2, 0.25) is 0 Å². The first kappa shape index (κ1) is 17.7. The summed E-state index contributed by atoms with van der Waals surface area (Å²) in [5.74, 6) is 1.25. The van der Waals surface area contributed by atoms with Gasteiger partial charge >= 0.3 is 5.97 Å². The molecule has 0 amide bonds. The third-order valence-corrected chi connectivity index (χ3v) is 4.13. The molecule has 0 spiro atoms. The van der Waals surface area contributed by atoms with Crippen LogP contribution in [-0.4, -0.2) is 35.5 Å². The van der Waals surface area contributed by atoms with Gasteiger partial charge < -0.3 is 9.47 Å². The summed E-state index contributed by atoms with van der Waals surface area (Å²) >= 11 is 0. The van der Waals surface area contributed by atoms with Gasteiger partial charge in [-0.05, 0) is 29.3 Å². The molecule has 0 atom stereocenters. The number of benzene rings is 3. The van der Waals surface area contributed by atoms with Crippen molar-refractivity contribution < 1.29 is 14.3 Å². The summed E-state index contributed by atoms with van der Waals surface area (Å²) in [4.78, 5) is 12.5. The molecule has 25 heavy (non-hydrogen) atoms. The Bertz CT molecular complexity index is 891. The molecule has 119 valence electrons. The zero-order chi connectivity index (χ0) is 16.4. The molecule has 3 aromatic rings. The van der Waals surface area contributed by atoms with Crippen LogP contribution < -0.4 is 4.74 Å². The fourth-order valence-electron chi connectivity index (χ4n) is 2.89. The van der Waals surface area contributed by atoms with E-state index in [4.69, 9.17) is 9.47 Å². The Labute approximate surface area is 168 Å². The van der Waals surface area contributed by atoms with E-state index in [0.29, 0.717) is 12.0 Å². The molecule has 1 aliphatic rings. The van der Waals surface area contributed by atoms with Gasteiger partial charge in [0.15, 0.2) is 0 Å². The second-order valence-corrected chi connectivity index (χ2v) is 5.73. The van der Waals surface area contributed by atoms with Crippen molar-refractivity contribution in [3.8, 4) is 11.5 Å². The molecule has 4 rings (SSSR count). The van der Waals surface area contributed by atoms with E-state index in [-0.39, 0.29) is 42.1 Å². The minimum Gasteiger partial charge on any atom is -0.457 e. The Kier molecular flexibility index (Phi) is 5.59. The van der Waals surface area contributed by atoms with E-state index in [2.05, 4.69) is 0 Å². The summed E-state index contributed by atoms with van der Waals surface area (Å²) < 4.78 is 11.4. The molecule has 0 aliphatic carbocycles. The Morgan fingerprint density at radius 1 is 0.880 bits per heavy atom. The van der Waals surface area contributed by atoms with Crippen LogP contribution in [0.3, 0.4) is 0 Å². The monoisotopic (exact) mass is 339 g/mol. The third kappa shape index (κ3) is 3.79. The van der Waals surface area contributed by atoms with Gasteiger partial charge in [0.25, 0.3) is 0 Å². The molecular formula is C21H16NaO3. The molecule has 4 heteroatoms. The van der Waals surface area contributed by atoms with Gasteiger partial charge in [0.1, 0.15) is 18.1 Å². The van der Waals surface area contributed by atoms with Crippen LogP contribution in [0.15, 0.2) is 72.8 Å². The number of carbonyl (C=O) groups is 1. The van der Waals surface area contributed by atoms with Gasteiger partial charge in [-0.1, -0.05) is 54.6 Å². The molecule has 0 N–H and O–H groups in total. The quantitative estimate of drug-likeness (QED) is 0.411. The minimum atomic E-state index is -0.321. The maximum atomic E-state index is 12.5. The fourth-order valence-corrected chi connectivity index (χ4v) is 2.89. The van der Waals surface area contributed by atoms with E-state index in [1.165, 1.54) is 0 Å². The van der Waals surface area contributed by atoms with Gasteiger partial charge in [-0.2, -0.15) is 0 Å². The molecule has 1 heterocycles. The van der Waals surface area contributed by atoms with E-state index in [0.717, 1.165) is 28.2 Å². The van der Waals surface area contributed by atoms with Crippen LogP contribution in [-0.2, 0) is 17.8 Å². The largest absolute Gasteiger partial charge is 0.457 e. The zero-order valence-electron chi connectivity index (χ0n) is 14.1. The van der Waals surface area contributed by atoms with Crippen molar-refractivity contribution in [1.29, 1.82) is 0 Å². The van der Waals surface area contributed by atoms with Crippen LogP contribution >= 0.6 is 0 Å². The molecule has 0 bridgehead atoms. The van der Waals surface area contributed by atoms with Crippen molar-refractivity contribution in [3.63, 3.8) is 0 Å². The predicted molar refractivity (Wildman–Crippen MR) is 97.1 cm³/mol. The SMILES string of the molecule is O=C(OCc1ccccc1)c1cccc2c1Cc1ccccc1O2.[Na]. The Hall–Kier alpha value is -2.07. The van der Waals surface area contributed by atoms with Crippen molar-refractivity contribution in [2.45, 2.75) is 13.0 Å². The van der Waals surface area contributed by atoms with E-state index in [1.54, 1.807) is 6.07 Å². The molecule has 0 aromatic heterocycles. The summed E-state index contributed by atoms with van der Waals surface area (Å²) in [5.41, 5.74) is 3.50. The molecule has 1 aliphatic heterocycles. The van der Waals surface area contributed by atoms with E-state index < -0.39 is 0 Å².